The van der Waals surface area contributed by atoms with Gasteiger partial charge in [-0.25, -0.2) is 0 Å². The summed E-state index contributed by atoms with van der Waals surface area (Å²) in [6.45, 7) is 4.61. The van der Waals surface area contributed by atoms with Crippen LogP contribution in [0.5, 0.6) is 0 Å². The molecule has 0 atom stereocenters. The Hall–Kier alpha value is -0.210. The van der Waals surface area contributed by atoms with Crippen LogP contribution in [-0.4, -0.2) is 4.75 Å². The minimum absolute atomic E-state index is 0.515. The van der Waals surface area contributed by atoms with Crippen LogP contribution >= 0.6 is 23.1 Å². The van der Waals surface area contributed by atoms with Gasteiger partial charge >= 0.3 is 0 Å². The molecule has 1 aromatic heterocycles. The standard InChI is InChI=1S/C20H32S2/c1-3-5-7-9-14-20(15-10-8-6-4-2)16-13-19(22-20)18-12-11-17-21-18/h11-13,17H,3-10,14-16H2,1-2H3. The molecular formula is C20H32S2. The number of allylic oxidation sites excluding steroid dienone is 1. The number of unbranched alkanes of at least 4 members (excludes halogenated alkanes) is 6. The van der Waals surface area contributed by atoms with E-state index in [1.165, 1.54) is 75.5 Å². The quantitative estimate of drug-likeness (QED) is 0.370. The molecule has 124 valence electrons. The summed E-state index contributed by atoms with van der Waals surface area (Å²) in [6.07, 6.45) is 17.8. The summed E-state index contributed by atoms with van der Waals surface area (Å²) < 4.78 is 0.515. The van der Waals surface area contributed by atoms with Crippen LogP contribution in [0.2, 0.25) is 0 Å². The number of rotatable bonds is 11. The minimum Gasteiger partial charge on any atom is -0.143 e. The van der Waals surface area contributed by atoms with Gasteiger partial charge in [0.1, 0.15) is 0 Å². The number of thiophene rings is 1. The van der Waals surface area contributed by atoms with Crippen molar-refractivity contribution in [2.75, 3.05) is 0 Å². The lowest BCUT2D eigenvalue weighted by Gasteiger charge is -2.29. The fraction of sp³-hybridized carbons (Fsp3) is 0.700. The van der Waals surface area contributed by atoms with Crippen LogP contribution in [0, 0.1) is 0 Å². The first-order valence-electron chi connectivity index (χ1n) is 9.23. The van der Waals surface area contributed by atoms with Crippen LogP contribution < -0.4 is 0 Å². The molecular weight excluding hydrogens is 304 g/mol. The number of hydrogen-bond acceptors (Lipinski definition) is 2. The van der Waals surface area contributed by atoms with Gasteiger partial charge in [0.2, 0.25) is 0 Å². The maximum absolute atomic E-state index is 2.52. The van der Waals surface area contributed by atoms with Crippen molar-refractivity contribution in [1.82, 2.24) is 0 Å². The Labute approximate surface area is 145 Å². The molecule has 0 unspecified atom stereocenters. The van der Waals surface area contributed by atoms with E-state index >= 15 is 0 Å². The second kappa shape index (κ2) is 9.82. The van der Waals surface area contributed by atoms with E-state index in [1.54, 1.807) is 4.91 Å². The zero-order chi connectivity index (χ0) is 15.7. The third-order valence-corrected chi connectivity index (χ3v) is 7.37. The summed E-state index contributed by atoms with van der Waals surface area (Å²) >= 11 is 4.10. The van der Waals surface area contributed by atoms with Gasteiger partial charge in [0.15, 0.2) is 0 Å². The highest BCUT2D eigenvalue weighted by atomic mass is 32.2. The average molecular weight is 337 g/mol. The Bertz CT molecular complexity index is 419. The third-order valence-electron chi connectivity index (χ3n) is 4.72. The molecule has 1 aromatic rings. The summed E-state index contributed by atoms with van der Waals surface area (Å²) in [5, 5.41) is 2.21. The first kappa shape index (κ1) is 18.1. The van der Waals surface area contributed by atoms with Crippen LogP contribution in [0.4, 0.5) is 0 Å². The zero-order valence-corrected chi connectivity index (χ0v) is 16.0. The smallest absolute Gasteiger partial charge is 0.0403 e. The van der Waals surface area contributed by atoms with E-state index in [4.69, 9.17) is 0 Å². The Morgan fingerprint density at radius 1 is 0.955 bits per heavy atom. The summed E-state index contributed by atoms with van der Waals surface area (Å²) in [6, 6.07) is 4.47. The molecule has 0 saturated carbocycles. The van der Waals surface area contributed by atoms with Crippen molar-refractivity contribution >= 4 is 28.0 Å². The highest BCUT2D eigenvalue weighted by Gasteiger charge is 2.35. The monoisotopic (exact) mass is 336 g/mol. The molecule has 0 bridgehead atoms. The van der Waals surface area contributed by atoms with E-state index < -0.39 is 0 Å². The van der Waals surface area contributed by atoms with Crippen molar-refractivity contribution in [3.8, 4) is 0 Å². The molecule has 1 aliphatic heterocycles. The molecule has 22 heavy (non-hydrogen) atoms. The minimum atomic E-state index is 0.515. The molecule has 2 heterocycles. The summed E-state index contributed by atoms with van der Waals surface area (Å²) in [5.74, 6) is 0. The lowest BCUT2D eigenvalue weighted by atomic mass is 9.90. The second-order valence-corrected chi connectivity index (χ2v) is 9.11. The van der Waals surface area contributed by atoms with Gasteiger partial charge in [-0.15, -0.1) is 23.1 Å². The van der Waals surface area contributed by atoms with Crippen molar-refractivity contribution in [2.24, 2.45) is 0 Å². The lowest BCUT2D eigenvalue weighted by Crippen LogP contribution is -2.21. The van der Waals surface area contributed by atoms with Gasteiger partial charge < -0.3 is 0 Å². The normalized spacial score (nSPS) is 16.9. The number of thioether (sulfide) groups is 1. The van der Waals surface area contributed by atoms with Crippen molar-refractivity contribution < 1.29 is 0 Å². The van der Waals surface area contributed by atoms with E-state index in [2.05, 4.69) is 49.2 Å². The van der Waals surface area contributed by atoms with Crippen molar-refractivity contribution in [1.29, 1.82) is 0 Å². The van der Waals surface area contributed by atoms with Gasteiger partial charge in [-0.3, -0.25) is 0 Å². The van der Waals surface area contributed by atoms with Crippen molar-refractivity contribution in [3.05, 3.63) is 28.5 Å². The van der Waals surface area contributed by atoms with E-state index in [9.17, 15) is 0 Å². The van der Waals surface area contributed by atoms with Gasteiger partial charge in [-0.2, -0.15) is 0 Å². The molecule has 2 rings (SSSR count). The molecule has 0 nitrogen and oxygen atoms in total. The van der Waals surface area contributed by atoms with Crippen molar-refractivity contribution in [2.45, 2.75) is 89.2 Å². The molecule has 0 spiro atoms. The van der Waals surface area contributed by atoms with Gasteiger partial charge in [0, 0.05) is 14.5 Å². The lowest BCUT2D eigenvalue weighted by molar-refractivity contribution is 0.454. The summed E-state index contributed by atoms with van der Waals surface area (Å²) in [7, 11) is 0. The largest absolute Gasteiger partial charge is 0.143 e. The Kier molecular flexibility index (Phi) is 8.10. The highest BCUT2D eigenvalue weighted by molar-refractivity contribution is 8.10. The fourth-order valence-corrected chi connectivity index (χ4v) is 5.73. The highest BCUT2D eigenvalue weighted by Crippen LogP contribution is 2.53. The Morgan fingerprint density at radius 2 is 1.64 bits per heavy atom. The molecule has 1 aliphatic rings. The van der Waals surface area contributed by atoms with Crippen LogP contribution in [0.1, 0.15) is 89.4 Å². The van der Waals surface area contributed by atoms with Gasteiger partial charge in [-0.05, 0) is 30.7 Å². The maximum atomic E-state index is 2.52. The van der Waals surface area contributed by atoms with Crippen LogP contribution in [-0.2, 0) is 0 Å². The summed E-state index contributed by atoms with van der Waals surface area (Å²) in [5.41, 5.74) is 0. The van der Waals surface area contributed by atoms with E-state index in [1.807, 2.05) is 11.3 Å². The van der Waals surface area contributed by atoms with Crippen LogP contribution in [0.25, 0.3) is 4.91 Å². The molecule has 2 heteroatoms. The van der Waals surface area contributed by atoms with E-state index in [-0.39, 0.29) is 0 Å². The first-order chi connectivity index (χ1) is 10.8. The first-order valence-corrected chi connectivity index (χ1v) is 10.9. The van der Waals surface area contributed by atoms with Gasteiger partial charge in [0.05, 0.1) is 0 Å². The Balaban J connectivity index is 1.88. The molecule has 0 saturated heterocycles. The second-order valence-electron chi connectivity index (χ2n) is 6.66. The van der Waals surface area contributed by atoms with Crippen LogP contribution in [0.3, 0.4) is 0 Å². The fourth-order valence-electron chi connectivity index (χ4n) is 3.34. The third kappa shape index (κ3) is 5.45. The topological polar surface area (TPSA) is 0 Å². The van der Waals surface area contributed by atoms with Gasteiger partial charge in [-0.1, -0.05) is 77.4 Å². The Morgan fingerprint density at radius 3 is 2.18 bits per heavy atom. The molecule has 0 aliphatic carbocycles. The molecule has 0 N–H and O–H groups in total. The predicted molar refractivity (Wildman–Crippen MR) is 105 cm³/mol. The molecule has 0 aromatic carbocycles. The van der Waals surface area contributed by atoms with E-state index in [0.29, 0.717) is 4.75 Å². The van der Waals surface area contributed by atoms with Gasteiger partial charge in [0.25, 0.3) is 0 Å². The molecule has 0 amide bonds. The molecule has 0 radical (unpaired) electrons. The van der Waals surface area contributed by atoms with Crippen molar-refractivity contribution in [3.63, 3.8) is 0 Å². The predicted octanol–water partition coefficient (Wildman–Crippen LogP) is 7.91. The summed E-state index contributed by atoms with van der Waals surface area (Å²) in [4.78, 5) is 3.04. The SMILES string of the molecule is CCCCCCC1(CCCCCC)CC=C(c2cccs2)S1. The average Bonchev–Trinajstić information content (AvgIpc) is 3.18. The van der Waals surface area contributed by atoms with E-state index in [0.717, 1.165) is 0 Å². The zero-order valence-electron chi connectivity index (χ0n) is 14.4. The molecule has 0 fully saturated rings. The maximum Gasteiger partial charge on any atom is 0.0403 e. The van der Waals surface area contributed by atoms with Crippen LogP contribution in [0.15, 0.2) is 23.6 Å². The number of hydrogen-bond donors (Lipinski definition) is 0.